The largest absolute Gasteiger partial charge is 0.464 e. The lowest BCUT2D eigenvalue weighted by Crippen LogP contribution is -2.09. The van der Waals surface area contributed by atoms with Crippen LogP contribution in [0.5, 0.6) is 0 Å². The van der Waals surface area contributed by atoms with Crippen molar-refractivity contribution < 1.29 is 9.53 Å². The Bertz CT molecular complexity index is 560. The molecule has 1 aromatic carbocycles. The van der Waals surface area contributed by atoms with Gasteiger partial charge in [0.05, 0.1) is 12.8 Å². The second-order valence-corrected chi connectivity index (χ2v) is 4.05. The van der Waals surface area contributed by atoms with E-state index in [1.807, 2.05) is 31.3 Å². The van der Waals surface area contributed by atoms with E-state index in [0.29, 0.717) is 10.7 Å². The van der Waals surface area contributed by atoms with Crippen molar-refractivity contribution in [2.75, 3.05) is 7.11 Å². The molecule has 0 radical (unpaired) electrons. The van der Waals surface area contributed by atoms with Gasteiger partial charge in [0.2, 0.25) is 0 Å². The van der Waals surface area contributed by atoms with Gasteiger partial charge in [0, 0.05) is 11.2 Å². The van der Waals surface area contributed by atoms with Crippen molar-refractivity contribution in [1.82, 2.24) is 4.57 Å². The van der Waals surface area contributed by atoms with Crippen molar-refractivity contribution in [2.24, 2.45) is 0 Å². The predicted molar refractivity (Wildman–Crippen MR) is 66.9 cm³/mol. The normalized spacial score (nSPS) is 10.3. The number of hydrogen-bond acceptors (Lipinski definition) is 2. The molecule has 0 amide bonds. The lowest BCUT2D eigenvalue weighted by atomic mass is 10.2. The summed E-state index contributed by atoms with van der Waals surface area (Å²) in [4.78, 5) is 11.6. The maximum Gasteiger partial charge on any atom is 0.355 e. The number of esters is 1. The van der Waals surface area contributed by atoms with Gasteiger partial charge in [0.1, 0.15) is 5.69 Å². The van der Waals surface area contributed by atoms with Crippen molar-refractivity contribution in [3.05, 3.63) is 52.8 Å². The van der Waals surface area contributed by atoms with Crippen molar-refractivity contribution in [1.29, 1.82) is 0 Å². The van der Waals surface area contributed by atoms with E-state index >= 15 is 0 Å². The van der Waals surface area contributed by atoms with Gasteiger partial charge < -0.3 is 9.30 Å². The predicted octanol–water partition coefficient (Wildman–Crippen LogP) is 3.23. The van der Waals surface area contributed by atoms with Gasteiger partial charge in [0.25, 0.3) is 0 Å². The lowest BCUT2D eigenvalue weighted by molar-refractivity contribution is 0.0591. The van der Waals surface area contributed by atoms with Crippen LogP contribution in [0.25, 0.3) is 5.69 Å². The Balaban J connectivity index is 2.58. The van der Waals surface area contributed by atoms with Crippen molar-refractivity contribution in [2.45, 2.75) is 6.92 Å². The van der Waals surface area contributed by atoms with Gasteiger partial charge in [-0.25, -0.2) is 4.79 Å². The molecule has 1 aromatic heterocycles. The average molecular weight is 250 g/mol. The van der Waals surface area contributed by atoms with Crippen molar-refractivity contribution in [3.8, 4) is 5.69 Å². The molecule has 0 unspecified atom stereocenters. The summed E-state index contributed by atoms with van der Waals surface area (Å²) in [5.41, 5.74) is 2.29. The third-order valence-corrected chi connectivity index (χ3v) is 3.05. The van der Waals surface area contributed by atoms with Crippen LogP contribution in [0.1, 0.15) is 16.1 Å². The zero-order valence-corrected chi connectivity index (χ0v) is 10.4. The number of carbonyl (C=O) groups excluding carboxylic acids is 1. The molecule has 0 bridgehead atoms. The molecule has 88 valence electrons. The fourth-order valence-corrected chi connectivity index (χ4v) is 1.89. The molecule has 4 heteroatoms. The Morgan fingerprint density at radius 3 is 2.76 bits per heavy atom. The van der Waals surface area contributed by atoms with E-state index in [2.05, 4.69) is 0 Å². The van der Waals surface area contributed by atoms with Crippen molar-refractivity contribution in [3.63, 3.8) is 0 Å². The van der Waals surface area contributed by atoms with E-state index in [9.17, 15) is 4.79 Å². The van der Waals surface area contributed by atoms with Crippen molar-refractivity contribution >= 4 is 17.6 Å². The molecule has 2 aromatic rings. The average Bonchev–Trinajstić information content (AvgIpc) is 2.80. The highest BCUT2D eigenvalue weighted by Crippen LogP contribution is 2.23. The summed E-state index contributed by atoms with van der Waals surface area (Å²) in [5, 5.41) is 0.673. The van der Waals surface area contributed by atoms with Gasteiger partial charge in [-0.15, -0.1) is 0 Å². The zero-order valence-electron chi connectivity index (χ0n) is 9.61. The van der Waals surface area contributed by atoms with E-state index in [-0.39, 0.29) is 5.97 Å². The van der Waals surface area contributed by atoms with Gasteiger partial charge in [0.15, 0.2) is 0 Å². The Kier molecular flexibility index (Phi) is 3.20. The Morgan fingerprint density at radius 2 is 2.06 bits per heavy atom. The number of carbonyl (C=O) groups is 1. The van der Waals surface area contributed by atoms with Gasteiger partial charge in [-0.1, -0.05) is 17.7 Å². The molecule has 0 spiro atoms. The molecular weight excluding hydrogens is 238 g/mol. The highest BCUT2D eigenvalue weighted by atomic mass is 35.5. The number of hydrogen-bond donors (Lipinski definition) is 0. The third kappa shape index (κ3) is 2.06. The first kappa shape index (κ1) is 11.7. The van der Waals surface area contributed by atoms with E-state index < -0.39 is 0 Å². The van der Waals surface area contributed by atoms with Crippen LogP contribution in [-0.4, -0.2) is 17.6 Å². The molecule has 0 saturated carbocycles. The van der Waals surface area contributed by atoms with E-state index in [0.717, 1.165) is 11.3 Å². The SMILES string of the molecule is COC(=O)c1cccn1-c1cccc(Cl)c1C. The van der Waals surface area contributed by atoms with E-state index in [4.69, 9.17) is 16.3 Å². The van der Waals surface area contributed by atoms with Crippen LogP contribution in [0.3, 0.4) is 0 Å². The number of benzene rings is 1. The molecule has 2 rings (SSSR count). The van der Waals surface area contributed by atoms with Crippen LogP contribution in [0.15, 0.2) is 36.5 Å². The smallest absolute Gasteiger partial charge is 0.355 e. The molecule has 17 heavy (non-hydrogen) atoms. The molecule has 0 N–H and O–H groups in total. The van der Waals surface area contributed by atoms with Crippen LogP contribution < -0.4 is 0 Å². The topological polar surface area (TPSA) is 31.2 Å². The van der Waals surface area contributed by atoms with Crippen LogP contribution in [0.2, 0.25) is 5.02 Å². The molecule has 0 aliphatic heterocycles. The summed E-state index contributed by atoms with van der Waals surface area (Å²) < 4.78 is 6.50. The van der Waals surface area contributed by atoms with Gasteiger partial charge in [-0.05, 0) is 36.8 Å². The summed E-state index contributed by atoms with van der Waals surface area (Å²) >= 11 is 6.07. The summed E-state index contributed by atoms with van der Waals surface area (Å²) in [5.74, 6) is -0.366. The fraction of sp³-hybridized carbons (Fsp3) is 0.154. The zero-order chi connectivity index (χ0) is 12.4. The minimum Gasteiger partial charge on any atom is -0.464 e. The van der Waals surface area contributed by atoms with E-state index in [1.54, 1.807) is 16.7 Å². The molecule has 0 aliphatic rings. The standard InChI is InChI=1S/C13H12ClNO2/c1-9-10(14)5-3-6-11(9)15-8-4-7-12(15)13(16)17-2/h3-8H,1-2H3. The Morgan fingerprint density at radius 1 is 1.29 bits per heavy atom. The quantitative estimate of drug-likeness (QED) is 0.766. The number of rotatable bonds is 2. The number of nitrogens with zero attached hydrogens (tertiary/aromatic N) is 1. The molecule has 3 nitrogen and oxygen atoms in total. The number of methoxy groups -OCH3 is 1. The molecule has 0 fully saturated rings. The van der Waals surface area contributed by atoms with E-state index in [1.165, 1.54) is 7.11 Å². The molecule has 0 aliphatic carbocycles. The van der Waals surface area contributed by atoms with Gasteiger partial charge in [-0.2, -0.15) is 0 Å². The fourth-order valence-electron chi connectivity index (χ4n) is 1.72. The Labute approximate surface area is 105 Å². The lowest BCUT2D eigenvalue weighted by Gasteiger charge is -2.11. The minimum atomic E-state index is -0.366. The molecule has 1 heterocycles. The molecule has 0 atom stereocenters. The number of aromatic nitrogens is 1. The summed E-state index contributed by atoms with van der Waals surface area (Å²) in [7, 11) is 1.37. The first-order valence-corrected chi connectivity index (χ1v) is 5.54. The number of ether oxygens (including phenoxy) is 1. The highest BCUT2D eigenvalue weighted by molar-refractivity contribution is 6.31. The molecular formula is C13H12ClNO2. The molecule has 0 saturated heterocycles. The van der Waals surface area contributed by atoms with Gasteiger partial charge >= 0.3 is 5.97 Å². The van der Waals surface area contributed by atoms with Gasteiger partial charge in [-0.3, -0.25) is 0 Å². The first-order chi connectivity index (χ1) is 8.15. The summed E-state index contributed by atoms with van der Waals surface area (Å²) in [6, 6.07) is 9.10. The van der Waals surface area contributed by atoms with Crippen LogP contribution in [-0.2, 0) is 4.74 Å². The monoisotopic (exact) mass is 249 g/mol. The maximum absolute atomic E-state index is 11.6. The third-order valence-electron chi connectivity index (χ3n) is 2.64. The van der Waals surface area contributed by atoms with Crippen LogP contribution in [0.4, 0.5) is 0 Å². The number of halogens is 1. The highest BCUT2D eigenvalue weighted by Gasteiger charge is 2.13. The minimum absolute atomic E-state index is 0.366. The van der Waals surface area contributed by atoms with Crippen LogP contribution >= 0.6 is 11.6 Å². The second-order valence-electron chi connectivity index (χ2n) is 3.64. The second kappa shape index (κ2) is 4.63. The van der Waals surface area contributed by atoms with Crippen LogP contribution in [0, 0.1) is 6.92 Å². The maximum atomic E-state index is 11.6. The Hall–Kier alpha value is -1.74. The summed E-state index contributed by atoms with van der Waals surface area (Å²) in [6.45, 7) is 1.92. The summed E-state index contributed by atoms with van der Waals surface area (Å²) in [6.07, 6.45) is 1.81. The first-order valence-electron chi connectivity index (χ1n) is 5.16.